The number of nitrogen functional groups attached to an aromatic ring is 1. The van der Waals surface area contributed by atoms with E-state index in [9.17, 15) is 23.1 Å². The van der Waals surface area contributed by atoms with Gasteiger partial charge in [-0.2, -0.15) is 0 Å². The van der Waals surface area contributed by atoms with E-state index in [2.05, 4.69) is 10.3 Å². The van der Waals surface area contributed by atoms with Crippen LogP contribution >= 0.6 is 0 Å². The highest BCUT2D eigenvalue weighted by molar-refractivity contribution is 7.91. The maximum Gasteiger partial charge on any atom is 0.411 e. The molecule has 0 radical (unpaired) electrons. The summed E-state index contributed by atoms with van der Waals surface area (Å²) in [5.74, 6) is -0.762. The summed E-state index contributed by atoms with van der Waals surface area (Å²) in [6, 6.07) is 11.8. The van der Waals surface area contributed by atoms with E-state index in [0.29, 0.717) is 35.3 Å². The summed E-state index contributed by atoms with van der Waals surface area (Å²) in [6.45, 7) is 1.77. The molecule has 2 atom stereocenters. The number of hydrogen-bond donors (Lipinski definition) is 3. The number of rotatable bonds is 10. The number of nitrogens with zero attached hydrogens (tertiary/aromatic N) is 3. The number of ether oxygens (including phenoxy) is 2. The van der Waals surface area contributed by atoms with Gasteiger partial charge in [0, 0.05) is 48.2 Å². The predicted molar refractivity (Wildman–Crippen MR) is 176 cm³/mol. The van der Waals surface area contributed by atoms with Gasteiger partial charge in [0.05, 0.1) is 30.9 Å². The fraction of sp³-hybridized carbons (Fsp3) is 0.303. The first-order valence-corrected chi connectivity index (χ1v) is 16.5. The average Bonchev–Trinajstić information content (AvgIpc) is 3.56. The molecule has 2 heterocycles. The largest absolute Gasteiger partial charge is 0.493 e. The van der Waals surface area contributed by atoms with Crippen molar-refractivity contribution in [2.75, 3.05) is 49.5 Å². The molecule has 2 amide bonds. The first kappa shape index (κ1) is 33.3. The highest BCUT2D eigenvalue weighted by atomic mass is 32.2. The van der Waals surface area contributed by atoms with Gasteiger partial charge in [0.25, 0.3) is 0 Å². The van der Waals surface area contributed by atoms with Crippen molar-refractivity contribution in [1.29, 1.82) is 0 Å². The molecule has 0 bridgehead atoms. The van der Waals surface area contributed by atoms with Crippen molar-refractivity contribution in [3.8, 4) is 11.5 Å². The van der Waals surface area contributed by atoms with Gasteiger partial charge in [0.1, 0.15) is 17.7 Å². The van der Waals surface area contributed by atoms with E-state index in [1.54, 1.807) is 30.5 Å². The third kappa shape index (κ3) is 6.45. The van der Waals surface area contributed by atoms with E-state index in [4.69, 9.17) is 15.2 Å². The van der Waals surface area contributed by atoms with Gasteiger partial charge in [-0.15, -0.1) is 0 Å². The minimum absolute atomic E-state index is 0.00905. The van der Waals surface area contributed by atoms with Gasteiger partial charge in [-0.25, -0.2) is 22.6 Å². The Balaban J connectivity index is 1.64. The molecule has 1 aliphatic rings. The number of carboxylic acid groups (broad SMARTS) is 1. The zero-order chi connectivity index (χ0) is 34.0. The molecule has 4 N–H and O–H groups in total. The first-order valence-electron chi connectivity index (χ1n) is 14.9. The number of aromatic nitrogens is 1. The number of amides is 2. The number of nitrogens with two attached hydrogens (primary N) is 1. The normalized spacial score (nSPS) is 15.3. The highest BCUT2D eigenvalue weighted by Crippen LogP contribution is 2.41. The molecule has 0 unspecified atom stereocenters. The molecule has 248 valence electrons. The number of sulfone groups is 1. The lowest BCUT2D eigenvalue weighted by atomic mass is 9.99. The Morgan fingerprint density at radius 1 is 1.13 bits per heavy atom. The monoisotopic (exact) mass is 665 g/mol. The molecule has 0 spiro atoms. The van der Waals surface area contributed by atoms with Crippen LogP contribution in [0.1, 0.15) is 43.0 Å². The van der Waals surface area contributed by atoms with E-state index < -0.39 is 39.7 Å². The molecule has 1 aliphatic heterocycles. The van der Waals surface area contributed by atoms with Crippen molar-refractivity contribution in [2.45, 2.75) is 36.7 Å². The van der Waals surface area contributed by atoms with Crippen LogP contribution in [0.25, 0.3) is 10.8 Å². The fourth-order valence-electron chi connectivity index (χ4n) is 5.90. The minimum Gasteiger partial charge on any atom is -0.493 e. The predicted octanol–water partition coefficient (Wildman–Crippen LogP) is 5.40. The molecule has 47 heavy (non-hydrogen) atoms. The number of methoxy groups -OCH3 is 2. The maximum atomic E-state index is 15.9. The number of likely N-dealkylation sites (tertiary alicyclic amines) is 1. The van der Waals surface area contributed by atoms with Crippen molar-refractivity contribution in [3.63, 3.8) is 0 Å². The van der Waals surface area contributed by atoms with Gasteiger partial charge in [-0.3, -0.25) is 9.69 Å². The van der Waals surface area contributed by atoms with Gasteiger partial charge in [-0.05, 0) is 72.3 Å². The summed E-state index contributed by atoms with van der Waals surface area (Å²) < 4.78 is 53.0. The lowest BCUT2D eigenvalue weighted by molar-refractivity contribution is -0.133. The van der Waals surface area contributed by atoms with E-state index in [0.717, 1.165) is 16.4 Å². The van der Waals surface area contributed by atoms with Crippen LogP contribution in [-0.4, -0.2) is 69.0 Å². The van der Waals surface area contributed by atoms with Crippen molar-refractivity contribution in [1.82, 2.24) is 9.88 Å². The molecule has 1 saturated heterocycles. The van der Waals surface area contributed by atoms with Crippen LogP contribution in [0.2, 0.25) is 0 Å². The Bertz CT molecular complexity index is 1960. The van der Waals surface area contributed by atoms with Crippen LogP contribution < -0.4 is 25.4 Å². The Morgan fingerprint density at radius 2 is 1.85 bits per heavy atom. The maximum absolute atomic E-state index is 15.9. The number of carbonyl (C=O) groups excluding carboxylic acids is 1. The molecule has 1 fully saturated rings. The number of benzene rings is 3. The van der Waals surface area contributed by atoms with Crippen LogP contribution in [0.3, 0.4) is 0 Å². The molecule has 5 rings (SSSR count). The van der Waals surface area contributed by atoms with E-state index in [1.165, 1.54) is 57.4 Å². The summed E-state index contributed by atoms with van der Waals surface area (Å²) in [5.41, 5.74) is 7.04. The minimum atomic E-state index is -3.77. The van der Waals surface area contributed by atoms with Gasteiger partial charge < -0.3 is 30.5 Å². The van der Waals surface area contributed by atoms with Gasteiger partial charge >= 0.3 is 6.09 Å². The molecule has 3 aromatic carbocycles. The second-order valence-corrected chi connectivity index (χ2v) is 13.3. The molecule has 1 aromatic heterocycles. The SMILES string of the molecule is CCS(=O)(=O)c1ccc(N(C)C(=O)O)cc1[C@H]1CCCN1C(=O)[C@H](Nc1ccc2c(N)nccc2c1)c1cc(OC)c(OC)cc1F. The number of nitrogens with one attached hydrogen (secondary N) is 1. The summed E-state index contributed by atoms with van der Waals surface area (Å²) in [5, 5.41) is 14.2. The lowest BCUT2D eigenvalue weighted by Gasteiger charge is -2.32. The summed E-state index contributed by atoms with van der Waals surface area (Å²) in [7, 11) is 0.352. The van der Waals surface area contributed by atoms with Gasteiger partial charge in [-0.1, -0.05) is 6.92 Å². The average molecular weight is 666 g/mol. The number of hydrogen-bond acceptors (Lipinski definition) is 9. The van der Waals surface area contributed by atoms with Crippen molar-refractivity contribution >= 4 is 49.8 Å². The highest BCUT2D eigenvalue weighted by Gasteiger charge is 2.39. The van der Waals surface area contributed by atoms with E-state index in [-0.39, 0.29) is 39.9 Å². The number of halogens is 1. The summed E-state index contributed by atoms with van der Waals surface area (Å²) >= 11 is 0. The number of pyridine rings is 1. The molecular formula is C33H36FN5O7S. The molecule has 0 aliphatic carbocycles. The Morgan fingerprint density at radius 3 is 2.53 bits per heavy atom. The smallest absolute Gasteiger partial charge is 0.411 e. The zero-order valence-corrected chi connectivity index (χ0v) is 27.2. The van der Waals surface area contributed by atoms with Gasteiger partial charge in [0.15, 0.2) is 21.3 Å². The van der Waals surface area contributed by atoms with Gasteiger partial charge in [0.2, 0.25) is 5.91 Å². The Hall–Kier alpha value is -5.11. The molecule has 14 heteroatoms. The quantitative estimate of drug-likeness (QED) is 0.200. The first-order chi connectivity index (χ1) is 22.4. The number of anilines is 3. The van der Waals surface area contributed by atoms with E-state index in [1.807, 2.05) is 0 Å². The van der Waals surface area contributed by atoms with Crippen molar-refractivity contribution in [2.24, 2.45) is 0 Å². The molecule has 12 nitrogen and oxygen atoms in total. The third-order valence-corrected chi connectivity index (χ3v) is 10.2. The second kappa shape index (κ2) is 13.3. The second-order valence-electron chi connectivity index (χ2n) is 11.1. The fourth-order valence-corrected chi connectivity index (χ4v) is 7.04. The topological polar surface area (TPSA) is 164 Å². The molecular weight excluding hydrogens is 629 g/mol. The van der Waals surface area contributed by atoms with Crippen LogP contribution in [0.5, 0.6) is 11.5 Å². The Kier molecular flexibility index (Phi) is 9.43. The number of carbonyl (C=O) groups is 2. The number of fused-ring (bicyclic) bond motifs is 1. The lowest BCUT2D eigenvalue weighted by Crippen LogP contribution is -2.38. The summed E-state index contributed by atoms with van der Waals surface area (Å²) in [6.07, 6.45) is 1.26. The van der Waals surface area contributed by atoms with Crippen LogP contribution in [0.4, 0.5) is 26.4 Å². The molecule has 0 saturated carbocycles. The van der Waals surface area contributed by atoms with Crippen molar-refractivity contribution < 1.29 is 37.0 Å². The van der Waals surface area contributed by atoms with Crippen molar-refractivity contribution in [3.05, 3.63) is 77.7 Å². The van der Waals surface area contributed by atoms with E-state index >= 15 is 4.39 Å². The summed E-state index contributed by atoms with van der Waals surface area (Å²) in [4.78, 5) is 33.0. The van der Waals surface area contributed by atoms with Crippen LogP contribution in [0, 0.1) is 5.82 Å². The third-order valence-electron chi connectivity index (χ3n) is 8.44. The van der Waals surface area contributed by atoms with Crippen LogP contribution in [0.15, 0.2) is 65.7 Å². The molecule has 4 aromatic rings. The zero-order valence-electron chi connectivity index (χ0n) is 26.4. The standard InChI is InChI=1S/C33H36FN5O7S/c1-5-47(43,44)29-11-9-21(38(2)33(41)42)16-24(29)26-7-6-14-39(26)32(40)30(23-17-27(45-3)28(46-4)18-25(23)34)37-20-8-10-22-19(15-20)12-13-36-31(22)35/h8-13,15-18,26,30,37H,5-7,14H2,1-4H3,(H2,35,36)(H,41,42)/t26-,30-/m1/s1. The Labute approximate surface area is 271 Å². The van der Waals surface area contributed by atoms with Crippen LogP contribution in [-0.2, 0) is 14.6 Å².